The number of nitrogens with zero attached hydrogens (tertiary/aromatic N) is 2. The molecule has 148 valence electrons. The third-order valence-electron chi connectivity index (χ3n) is 5.21. The predicted molar refractivity (Wildman–Crippen MR) is 108 cm³/mol. The Kier molecular flexibility index (Phi) is 5.42. The fourth-order valence-electron chi connectivity index (χ4n) is 3.66. The standard InChI is InChI=1S/C23H22N2O4/c1-28-21(26)13-16-11-12-25(15-16)23(27)19-10-6-5-9-18(19)22-24-14-20(29-22)17-7-3-2-4-8-17/h2-10,14,16H,11-13,15H2,1H3. The molecule has 0 N–H and O–H groups in total. The Morgan fingerprint density at radius 3 is 2.69 bits per heavy atom. The Morgan fingerprint density at radius 2 is 1.90 bits per heavy atom. The van der Waals surface area contributed by atoms with E-state index in [1.54, 1.807) is 17.2 Å². The summed E-state index contributed by atoms with van der Waals surface area (Å²) in [4.78, 5) is 30.9. The Labute approximate surface area is 169 Å². The Hall–Kier alpha value is -3.41. The summed E-state index contributed by atoms with van der Waals surface area (Å²) in [6, 6.07) is 17.1. The van der Waals surface area contributed by atoms with Crippen molar-refractivity contribution < 1.29 is 18.7 Å². The maximum Gasteiger partial charge on any atom is 0.305 e. The number of rotatable bonds is 5. The smallest absolute Gasteiger partial charge is 0.305 e. The molecule has 3 aromatic rings. The maximum atomic E-state index is 13.2. The molecule has 6 nitrogen and oxygen atoms in total. The lowest BCUT2D eigenvalue weighted by atomic mass is 10.0. The first-order chi connectivity index (χ1) is 14.2. The fourth-order valence-corrected chi connectivity index (χ4v) is 3.66. The molecule has 0 aliphatic carbocycles. The van der Waals surface area contributed by atoms with Gasteiger partial charge in [-0.05, 0) is 24.5 Å². The molecule has 1 aliphatic heterocycles. The molecule has 1 atom stereocenters. The van der Waals surface area contributed by atoms with Gasteiger partial charge in [0.2, 0.25) is 5.89 Å². The minimum Gasteiger partial charge on any atom is -0.469 e. The van der Waals surface area contributed by atoms with Crippen molar-refractivity contribution in [2.45, 2.75) is 12.8 Å². The van der Waals surface area contributed by atoms with Gasteiger partial charge in [-0.2, -0.15) is 0 Å². The molecule has 4 rings (SSSR count). The third kappa shape index (κ3) is 4.06. The number of hydrogen-bond acceptors (Lipinski definition) is 5. The van der Waals surface area contributed by atoms with Crippen LogP contribution in [0.1, 0.15) is 23.2 Å². The highest BCUT2D eigenvalue weighted by Crippen LogP contribution is 2.30. The van der Waals surface area contributed by atoms with E-state index in [2.05, 4.69) is 4.98 Å². The Bertz CT molecular complexity index is 1010. The lowest BCUT2D eigenvalue weighted by Crippen LogP contribution is -2.29. The molecule has 1 aliphatic rings. The van der Waals surface area contributed by atoms with E-state index in [-0.39, 0.29) is 17.8 Å². The molecule has 0 radical (unpaired) electrons. The number of benzene rings is 2. The number of methoxy groups -OCH3 is 1. The summed E-state index contributed by atoms with van der Waals surface area (Å²) < 4.78 is 10.7. The van der Waals surface area contributed by atoms with Crippen LogP contribution < -0.4 is 0 Å². The SMILES string of the molecule is COC(=O)CC1CCN(C(=O)c2ccccc2-c2ncc(-c3ccccc3)o2)C1. The first-order valence-electron chi connectivity index (χ1n) is 9.62. The van der Waals surface area contributed by atoms with E-state index >= 15 is 0 Å². The van der Waals surface area contributed by atoms with Crippen molar-refractivity contribution in [1.82, 2.24) is 9.88 Å². The summed E-state index contributed by atoms with van der Waals surface area (Å²) in [5.74, 6) is 0.885. The van der Waals surface area contributed by atoms with Crippen molar-refractivity contribution in [3.63, 3.8) is 0 Å². The average molecular weight is 390 g/mol. The number of ether oxygens (including phenoxy) is 1. The summed E-state index contributed by atoms with van der Waals surface area (Å²) in [5, 5.41) is 0. The van der Waals surface area contributed by atoms with Gasteiger partial charge in [0.15, 0.2) is 5.76 Å². The summed E-state index contributed by atoms with van der Waals surface area (Å²) >= 11 is 0. The van der Waals surface area contributed by atoms with Crippen molar-refractivity contribution in [2.24, 2.45) is 5.92 Å². The second kappa shape index (κ2) is 8.31. The molecule has 1 fully saturated rings. The van der Waals surface area contributed by atoms with Crippen LogP contribution in [0, 0.1) is 5.92 Å². The van der Waals surface area contributed by atoms with Gasteiger partial charge in [0, 0.05) is 24.2 Å². The number of likely N-dealkylation sites (tertiary alicyclic amines) is 1. The van der Waals surface area contributed by atoms with Gasteiger partial charge in [0.1, 0.15) is 0 Å². The van der Waals surface area contributed by atoms with Crippen LogP contribution in [0.25, 0.3) is 22.8 Å². The number of carbonyl (C=O) groups excluding carboxylic acids is 2. The third-order valence-corrected chi connectivity index (χ3v) is 5.21. The fraction of sp³-hybridized carbons (Fsp3) is 0.261. The average Bonchev–Trinajstić information content (AvgIpc) is 3.44. The molecular formula is C23H22N2O4. The summed E-state index contributed by atoms with van der Waals surface area (Å²) in [6.07, 6.45) is 2.80. The molecule has 29 heavy (non-hydrogen) atoms. The zero-order chi connectivity index (χ0) is 20.2. The molecule has 2 aromatic carbocycles. The van der Waals surface area contributed by atoms with Gasteiger partial charge in [-0.3, -0.25) is 9.59 Å². The molecule has 1 unspecified atom stereocenters. The van der Waals surface area contributed by atoms with E-state index in [0.29, 0.717) is 42.3 Å². The molecule has 0 saturated carbocycles. The Morgan fingerprint density at radius 1 is 1.14 bits per heavy atom. The predicted octanol–water partition coefficient (Wildman–Crippen LogP) is 4.03. The first-order valence-corrected chi connectivity index (χ1v) is 9.62. The second-order valence-electron chi connectivity index (χ2n) is 7.13. The number of hydrogen-bond donors (Lipinski definition) is 0. The van der Waals surface area contributed by atoms with Gasteiger partial charge in [0.05, 0.1) is 25.3 Å². The van der Waals surface area contributed by atoms with Crippen LogP contribution in [-0.4, -0.2) is 42.0 Å². The largest absolute Gasteiger partial charge is 0.469 e. The van der Waals surface area contributed by atoms with Crippen LogP contribution >= 0.6 is 0 Å². The van der Waals surface area contributed by atoms with Crippen LogP contribution in [0.3, 0.4) is 0 Å². The molecule has 0 spiro atoms. The van der Waals surface area contributed by atoms with Gasteiger partial charge in [-0.15, -0.1) is 0 Å². The molecule has 1 aromatic heterocycles. The van der Waals surface area contributed by atoms with E-state index in [1.165, 1.54) is 7.11 Å². The van der Waals surface area contributed by atoms with Gasteiger partial charge in [-0.25, -0.2) is 4.98 Å². The second-order valence-corrected chi connectivity index (χ2v) is 7.13. The number of esters is 1. The number of aromatic nitrogens is 1. The van der Waals surface area contributed by atoms with Crippen LogP contribution in [0.5, 0.6) is 0 Å². The molecule has 0 bridgehead atoms. The van der Waals surface area contributed by atoms with Gasteiger partial charge in [-0.1, -0.05) is 42.5 Å². The molecule has 6 heteroatoms. The molecule has 1 saturated heterocycles. The normalized spacial score (nSPS) is 16.0. The first kappa shape index (κ1) is 18.9. The van der Waals surface area contributed by atoms with E-state index in [4.69, 9.17) is 9.15 Å². The maximum absolute atomic E-state index is 13.2. The van der Waals surface area contributed by atoms with Crippen molar-refractivity contribution in [1.29, 1.82) is 0 Å². The number of amides is 1. The molecule has 1 amide bonds. The summed E-state index contributed by atoms with van der Waals surface area (Å²) in [5.41, 5.74) is 2.14. The van der Waals surface area contributed by atoms with Crippen LogP contribution in [0.15, 0.2) is 65.2 Å². The highest BCUT2D eigenvalue weighted by atomic mass is 16.5. The van der Waals surface area contributed by atoms with Crippen molar-refractivity contribution >= 4 is 11.9 Å². The molecular weight excluding hydrogens is 368 g/mol. The van der Waals surface area contributed by atoms with E-state index < -0.39 is 0 Å². The van der Waals surface area contributed by atoms with E-state index in [0.717, 1.165) is 12.0 Å². The Balaban J connectivity index is 1.56. The monoisotopic (exact) mass is 390 g/mol. The van der Waals surface area contributed by atoms with Gasteiger partial charge in [0.25, 0.3) is 5.91 Å². The molecule has 2 heterocycles. The highest BCUT2D eigenvalue weighted by molar-refractivity contribution is 6.00. The van der Waals surface area contributed by atoms with Crippen LogP contribution in [0.2, 0.25) is 0 Å². The van der Waals surface area contributed by atoms with Gasteiger partial charge >= 0.3 is 5.97 Å². The lowest BCUT2D eigenvalue weighted by molar-refractivity contribution is -0.141. The highest BCUT2D eigenvalue weighted by Gasteiger charge is 2.30. The minimum atomic E-state index is -0.238. The zero-order valence-corrected chi connectivity index (χ0v) is 16.2. The van der Waals surface area contributed by atoms with Gasteiger partial charge < -0.3 is 14.1 Å². The van der Waals surface area contributed by atoms with Crippen molar-refractivity contribution in [2.75, 3.05) is 20.2 Å². The lowest BCUT2D eigenvalue weighted by Gasteiger charge is -2.17. The number of carbonyl (C=O) groups is 2. The quantitative estimate of drug-likeness (QED) is 0.615. The van der Waals surface area contributed by atoms with Crippen LogP contribution in [0.4, 0.5) is 0 Å². The topological polar surface area (TPSA) is 72.6 Å². The van der Waals surface area contributed by atoms with E-state index in [9.17, 15) is 9.59 Å². The van der Waals surface area contributed by atoms with Crippen molar-refractivity contribution in [3.05, 3.63) is 66.4 Å². The summed E-state index contributed by atoms with van der Waals surface area (Å²) in [7, 11) is 1.39. The summed E-state index contributed by atoms with van der Waals surface area (Å²) in [6.45, 7) is 1.17. The minimum absolute atomic E-state index is 0.0765. The van der Waals surface area contributed by atoms with Crippen molar-refractivity contribution in [3.8, 4) is 22.8 Å². The zero-order valence-electron chi connectivity index (χ0n) is 16.2. The van der Waals surface area contributed by atoms with E-state index in [1.807, 2.05) is 48.5 Å². The van der Waals surface area contributed by atoms with Crippen LogP contribution in [-0.2, 0) is 9.53 Å². The number of oxazole rings is 1.